The maximum atomic E-state index is 11.6. The van der Waals surface area contributed by atoms with Crippen LogP contribution < -0.4 is 11.1 Å². The molecule has 7 heteroatoms. The fraction of sp³-hybridized carbons (Fsp3) is 0.357. The van der Waals surface area contributed by atoms with Crippen LogP contribution in [0, 0.1) is 0 Å². The third-order valence-electron chi connectivity index (χ3n) is 2.99. The van der Waals surface area contributed by atoms with E-state index in [2.05, 4.69) is 5.32 Å². The van der Waals surface area contributed by atoms with E-state index in [1.165, 1.54) is 12.1 Å². The van der Waals surface area contributed by atoms with Gasteiger partial charge < -0.3 is 20.5 Å². The molecule has 2 rings (SSSR count). The highest BCUT2D eigenvalue weighted by Gasteiger charge is 2.25. The Morgan fingerprint density at radius 2 is 2.00 bits per heavy atom. The van der Waals surface area contributed by atoms with E-state index < -0.39 is 23.9 Å². The second kappa shape index (κ2) is 6.85. The maximum Gasteiger partial charge on any atom is 0.335 e. The molecular formula is C14H16N2O5. The highest BCUT2D eigenvalue weighted by Crippen LogP contribution is 2.13. The third kappa shape index (κ3) is 4.28. The summed E-state index contributed by atoms with van der Waals surface area (Å²) < 4.78 is 10.0. The second-order valence-electron chi connectivity index (χ2n) is 4.60. The largest absolute Gasteiger partial charge is 0.454 e. The molecule has 1 aliphatic heterocycles. The molecule has 1 heterocycles. The molecule has 0 bridgehead atoms. The molecule has 1 saturated heterocycles. The van der Waals surface area contributed by atoms with Crippen molar-refractivity contribution in [2.75, 3.05) is 18.5 Å². The van der Waals surface area contributed by atoms with Crippen LogP contribution in [0.3, 0.4) is 0 Å². The first-order valence-electron chi connectivity index (χ1n) is 6.54. The lowest BCUT2D eigenvalue weighted by molar-refractivity contribution is -0.156. The van der Waals surface area contributed by atoms with Gasteiger partial charge in [0.15, 0.2) is 12.7 Å². The van der Waals surface area contributed by atoms with E-state index in [0.717, 1.165) is 6.42 Å². The molecule has 0 unspecified atom stereocenters. The molecule has 1 aliphatic rings. The molecule has 1 atom stereocenters. The van der Waals surface area contributed by atoms with Gasteiger partial charge in [-0.25, -0.2) is 4.79 Å². The first-order chi connectivity index (χ1) is 10.1. The van der Waals surface area contributed by atoms with Gasteiger partial charge in [0.25, 0.3) is 5.91 Å². The number of carbonyl (C=O) groups excluding carboxylic acids is 3. The van der Waals surface area contributed by atoms with Crippen LogP contribution in [0.5, 0.6) is 0 Å². The van der Waals surface area contributed by atoms with Gasteiger partial charge in [0, 0.05) is 17.9 Å². The fourth-order valence-electron chi connectivity index (χ4n) is 1.91. The molecular weight excluding hydrogens is 276 g/mol. The van der Waals surface area contributed by atoms with E-state index in [4.69, 9.17) is 15.2 Å². The van der Waals surface area contributed by atoms with E-state index >= 15 is 0 Å². The van der Waals surface area contributed by atoms with Gasteiger partial charge in [-0.3, -0.25) is 9.59 Å². The summed E-state index contributed by atoms with van der Waals surface area (Å²) in [6, 6.07) is 6.08. The average molecular weight is 292 g/mol. The number of nitrogens with one attached hydrogen (secondary N) is 1. The lowest BCUT2D eigenvalue weighted by atomic mass is 10.2. The van der Waals surface area contributed by atoms with Gasteiger partial charge in [-0.2, -0.15) is 0 Å². The number of ether oxygens (including phenoxy) is 2. The molecule has 0 aliphatic carbocycles. The van der Waals surface area contributed by atoms with Crippen molar-refractivity contribution < 1.29 is 23.9 Å². The lowest BCUT2D eigenvalue weighted by Crippen LogP contribution is -2.27. The first-order valence-corrected chi connectivity index (χ1v) is 6.54. The van der Waals surface area contributed by atoms with Gasteiger partial charge in [0.2, 0.25) is 5.91 Å². The molecule has 0 radical (unpaired) electrons. The van der Waals surface area contributed by atoms with Crippen molar-refractivity contribution in [1.29, 1.82) is 0 Å². The van der Waals surface area contributed by atoms with Crippen molar-refractivity contribution in [2.24, 2.45) is 5.73 Å². The Hall–Kier alpha value is -2.41. The Labute approximate surface area is 121 Å². The Kier molecular flexibility index (Phi) is 4.89. The number of primary amides is 1. The monoisotopic (exact) mass is 292 g/mol. The molecule has 1 aromatic rings. The summed E-state index contributed by atoms with van der Waals surface area (Å²) in [5, 5.41) is 2.54. The zero-order chi connectivity index (χ0) is 15.2. The van der Waals surface area contributed by atoms with Crippen molar-refractivity contribution in [1.82, 2.24) is 0 Å². The van der Waals surface area contributed by atoms with E-state index in [-0.39, 0.29) is 6.61 Å². The van der Waals surface area contributed by atoms with E-state index in [1.54, 1.807) is 12.1 Å². The summed E-state index contributed by atoms with van der Waals surface area (Å²) in [6.45, 7) is 0.161. The standard InChI is InChI=1S/C14H16N2O5/c15-13(18)9-3-5-10(6-4-9)16-12(17)8-21-14(19)11-2-1-7-20-11/h3-6,11H,1-2,7-8H2,(H2,15,18)(H,16,17)/t11-/m1/s1. The third-order valence-corrected chi connectivity index (χ3v) is 2.99. The van der Waals surface area contributed by atoms with Crippen molar-refractivity contribution in [3.8, 4) is 0 Å². The Morgan fingerprint density at radius 3 is 2.57 bits per heavy atom. The molecule has 0 spiro atoms. The van der Waals surface area contributed by atoms with Crippen molar-refractivity contribution in [3.05, 3.63) is 29.8 Å². The summed E-state index contributed by atoms with van der Waals surface area (Å²) in [4.78, 5) is 34.1. The Morgan fingerprint density at radius 1 is 1.29 bits per heavy atom. The van der Waals surface area contributed by atoms with Crippen LogP contribution in [-0.2, 0) is 19.1 Å². The topological polar surface area (TPSA) is 108 Å². The smallest absolute Gasteiger partial charge is 0.335 e. The number of carbonyl (C=O) groups is 3. The van der Waals surface area contributed by atoms with E-state index in [1.807, 2.05) is 0 Å². The summed E-state index contributed by atoms with van der Waals surface area (Å²) in [5.74, 6) is -1.53. The van der Waals surface area contributed by atoms with Crippen LogP contribution in [0.15, 0.2) is 24.3 Å². The summed E-state index contributed by atoms with van der Waals surface area (Å²) in [6.07, 6.45) is 0.875. The average Bonchev–Trinajstić information content (AvgIpc) is 2.99. The zero-order valence-electron chi connectivity index (χ0n) is 11.3. The van der Waals surface area contributed by atoms with Gasteiger partial charge in [-0.15, -0.1) is 0 Å². The summed E-state index contributed by atoms with van der Waals surface area (Å²) in [5.41, 5.74) is 5.94. The number of rotatable bonds is 5. The van der Waals surface area contributed by atoms with Crippen molar-refractivity contribution >= 4 is 23.5 Å². The molecule has 21 heavy (non-hydrogen) atoms. The van der Waals surface area contributed by atoms with Gasteiger partial charge in [0.05, 0.1) is 0 Å². The highest BCUT2D eigenvalue weighted by atomic mass is 16.6. The normalized spacial score (nSPS) is 17.2. The summed E-state index contributed by atoms with van der Waals surface area (Å²) >= 11 is 0. The Balaban J connectivity index is 1.78. The maximum absolute atomic E-state index is 11.6. The number of hydrogen-bond acceptors (Lipinski definition) is 5. The number of benzene rings is 1. The SMILES string of the molecule is NC(=O)c1ccc(NC(=O)COC(=O)[C@H]2CCCO2)cc1. The van der Waals surface area contributed by atoms with Gasteiger partial charge in [0.1, 0.15) is 0 Å². The van der Waals surface area contributed by atoms with Crippen LogP contribution >= 0.6 is 0 Å². The van der Waals surface area contributed by atoms with Crippen LogP contribution in [0.25, 0.3) is 0 Å². The number of nitrogens with two attached hydrogens (primary N) is 1. The fourth-order valence-corrected chi connectivity index (χ4v) is 1.91. The molecule has 0 saturated carbocycles. The van der Waals surface area contributed by atoms with Crippen LogP contribution in [0.4, 0.5) is 5.69 Å². The molecule has 3 N–H and O–H groups in total. The molecule has 1 aromatic carbocycles. The van der Waals surface area contributed by atoms with Crippen LogP contribution in [-0.4, -0.2) is 37.1 Å². The van der Waals surface area contributed by atoms with Gasteiger partial charge >= 0.3 is 5.97 Å². The lowest BCUT2D eigenvalue weighted by Gasteiger charge is -2.10. The van der Waals surface area contributed by atoms with Gasteiger partial charge in [-0.1, -0.05) is 0 Å². The van der Waals surface area contributed by atoms with E-state index in [0.29, 0.717) is 24.3 Å². The highest BCUT2D eigenvalue weighted by molar-refractivity contribution is 5.95. The number of anilines is 1. The second-order valence-corrected chi connectivity index (χ2v) is 4.60. The number of amides is 2. The van der Waals surface area contributed by atoms with Crippen LogP contribution in [0.1, 0.15) is 23.2 Å². The molecule has 0 aromatic heterocycles. The minimum absolute atomic E-state index is 0.345. The van der Waals surface area contributed by atoms with E-state index in [9.17, 15) is 14.4 Å². The summed E-state index contributed by atoms with van der Waals surface area (Å²) in [7, 11) is 0. The molecule has 7 nitrogen and oxygen atoms in total. The van der Waals surface area contributed by atoms with Crippen molar-refractivity contribution in [3.63, 3.8) is 0 Å². The quantitative estimate of drug-likeness (QED) is 0.766. The minimum Gasteiger partial charge on any atom is -0.454 e. The minimum atomic E-state index is -0.562. The predicted octanol–water partition coefficient (Wildman–Crippen LogP) is 0.446. The number of hydrogen-bond donors (Lipinski definition) is 2. The van der Waals surface area contributed by atoms with Crippen molar-refractivity contribution in [2.45, 2.75) is 18.9 Å². The molecule has 1 fully saturated rings. The van der Waals surface area contributed by atoms with Gasteiger partial charge in [-0.05, 0) is 37.1 Å². The van der Waals surface area contributed by atoms with Crippen LogP contribution in [0.2, 0.25) is 0 Å². The number of esters is 1. The molecule has 2 amide bonds. The predicted molar refractivity (Wildman–Crippen MR) is 73.5 cm³/mol. The zero-order valence-corrected chi connectivity index (χ0v) is 11.3. The Bertz CT molecular complexity index is 535. The molecule has 112 valence electrons. The first kappa shape index (κ1) is 15.0.